The maximum absolute atomic E-state index is 8.93. The first-order valence-corrected chi connectivity index (χ1v) is 5.26. The Morgan fingerprint density at radius 3 is 3.00 bits per heavy atom. The number of hydrogen-bond acceptors (Lipinski definition) is 3. The van der Waals surface area contributed by atoms with E-state index in [1.165, 1.54) is 0 Å². The molecule has 1 aromatic heterocycles. The second kappa shape index (κ2) is 3.02. The summed E-state index contributed by atoms with van der Waals surface area (Å²) in [5, 5.41) is 11.9. The van der Waals surface area contributed by atoms with Gasteiger partial charge in [-0.25, -0.2) is 0 Å². The molecule has 0 radical (unpaired) electrons. The summed E-state index contributed by atoms with van der Waals surface area (Å²) >= 11 is 4.89. The molecule has 0 aliphatic carbocycles. The van der Waals surface area contributed by atoms with Gasteiger partial charge in [0, 0.05) is 15.8 Å². The summed E-state index contributed by atoms with van der Waals surface area (Å²) in [5.74, 6) is 0. The molecule has 0 spiro atoms. The van der Waals surface area contributed by atoms with Gasteiger partial charge >= 0.3 is 0 Å². The van der Waals surface area contributed by atoms with Gasteiger partial charge in [0.1, 0.15) is 6.07 Å². The Labute approximate surface area is 87.7 Å². The standard InChI is InChI=1S/C9H5BrN2S/c10-9-6(4-11)5-1-2-13-8(5)3-7(9)12/h1-3H,12H2. The molecule has 1 aromatic carbocycles. The Hall–Kier alpha value is -1.05. The van der Waals surface area contributed by atoms with Crippen LogP contribution in [0.1, 0.15) is 5.56 Å². The van der Waals surface area contributed by atoms with E-state index in [9.17, 15) is 0 Å². The van der Waals surface area contributed by atoms with Crippen LogP contribution in [0.25, 0.3) is 10.1 Å². The zero-order valence-corrected chi connectivity index (χ0v) is 8.95. The number of nitrogen functional groups attached to an aromatic ring is 1. The van der Waals surface area contributed by atoms with Crippen LogP contribution in [0.2, 0.25) is 0 Å². The van der Waals surface area contributed by atoms with Gasteiger partial charge in [0.25, 0.3) is 0 Å². The maximum Gasteiger partial charge on any atom is 0.101 e. The number of fused-ring (bicyclic) bond motifs is 1. The van der Waals surface area contributed by atoms with Crippen molar-refractivity contribution in [1.82, 2.24) is 0 Å². The number of anilines is 1. The molecule has 2 rings (SSSR count). The monoisotopic (exact) mass is 252 g/mol. The SMILES string of the molecule is N#Cc1c(Br)c(N)cc2sccc12. The highest BCUT2D eigenvalue weighted by Gasteiger charge is 2.09. The summed E-state index contributed by atoms with van der Waals surface area (Å²) in [4.78, 5) is 0. The number of thiophene rings is 1. The number of hydrogen-bond donors (Lipinski definition) is 1. The molecular formula is C9H5BrN2S. The fraction of sp³-hybridized carbons (Fsp3) is 0. The molecule has 0 unspecified atom stereocenters. The number of rotatable bonds is 0. The fourth-order valence-corrected chi connectivity index (χ4v) is 2.48. The normalized spacial score (nSPS) is 10.2. The van der Waals surface area contributed by atoms with Crippen molar-refractivity contribution in [2.75, 3.05) is 5.73 Å². The molecular weight excluding hydrogens is 248 g/mol. The molecule has 4 heteroatoms. The van der Waals surface area contributed by atoms with Crippen LogP contribution in [0, 0.1) is 11.3 Å². The number of nitriles is 1. The van der Waals surface area contributed by atoms with Gasteiger partial charge < -0.3 is 5.73 Å². The molecule has 1 heterocycles. The first-order valence-electron chi connectivity index (χ1n) is 3.59. The average molecular weight is 253 g/mol. The predicted octanol–water partition coefficient (Wildman–Crippen LogP) is 3.12. The van der Waals surface area contributed by atoms with E-state index in [2.05, 4.69) is 22.0 Å². The lowest BCUT2D eigenvalue weighted by Gasteiger charge is -2.01. The van der Waals surface area contributed by atoms with E-state index >= 15 is 0 Å². The van der Waals surface area contributed by atoms with Crippen molar-refractivity contribution < 1.29 is 0 Å². The van der Waals surface area contributed by atoms with Crippen LogP contribution >= 0.6 is 27.3 Å². The first-order chi connectivity index (χ1) is 6.24. The van der Waals surface area contributed by atoms with Crippen LogP contribution in [0.5, 0.6) is 0 Å². The highest BCUT2D eigenvalue weighted by atomic mass is 79.9. The molecule has 0 aliphatic rings. The number of halogens is 1. The molecule has 13 heavy (non-hydrogen) atoms. The van der Waals surface area contributed by atoms with Gasteiger partial charge in [-0.3, -0.25) is 0 Å². The second-order valence-electron chi connectivity index (χ2n) is 2.60. The van der Waals surface area contributed by atoms with Gasteiger partial charge in [-0.15, -0.1) is 11.3 Å². The minimum Gasteiger partial charge on any atom is -0.398 e. The average Bonchev–Trinajstić information content (AvgIpc) is 2.54. The van der Waals surface area contributed by atoms with Gasteiger partial charge in [0.2, 0.25) is 0 Å². The molecule has 0 saturated heterocycles. The van der Waals surface area contributed by atoms with Crippen molar-refractivity contribution in [3.63, 3.8) is 0 Å². The first kappa shape index (κ1) is 8.54. The lowest BCUT2D eigenvalue weighted by atomic mass is 10.1. The van der Waals surface area contributed by atoms with Crippen LogP contribution in [0.3, 0.4) is 0 Å². The Bertz CT molecular complexity index is 510. The molecule has 64 valence electrons. The van der Waals surface area contributed by atoms with Crippen molar-refractivity contribution in [2.24, 2.45) is 0 Å². The fourth-order valence-electron chi connectivity index (χ4n) is 1.22. The van der Waals surface area contributed by atoms with E-state index in [0.717, 1.165) is 10.1 Å². The zero-order valence-electron chi connectivity index (χ0n) is 6.54. The topological polar surface area (TPSA) is 49.8 Å². The third kappa shape index (κ3) is 1.21. The predicted molar refractivity (Wildman–Crippen MR) is 58.7 cm³/mol. The van der Waals surface area contributed by atoms with Crippen molar-refractivity contribution >= 4 is 43.0 Å². The van der Waals surface area contributed by atoms with E-state index in [4.69, 9.17) is 11.0 Å². The van der Waals surface area contributed by atoms with Crippen LogP contribution in [0.15, 0.2) is 22.0 Å². The molecule has 0 bridgehead atoms. The van der Waals surface area contributed by atoms with E-state index in [0.29, 0.717) is 15.7 Å². The van der Waals surface area contributed by atoms with E-state index in [-0.39, 0.29) is 0 Å². The third-order valence-electron chi connectivity index (χ3n) is 1.84. The summed E-state index contributed by atoms with van der Waals surface area (Å²) in [6, 6.07) is 5.96. The summed E-state index contributed by atoms with van der Waals surface area (Å²) < 4.78 is 1.75. The zero-order chi connectivity index (χ0) is 9.42. The maximum atomic E-state index is 8.93. The second-order valence-corrected chi connectivity index (χ2v) is 4.34. The lowest BCUT2D eigenvalue weighted by molar-refractivity contribution is 1.49. The van der Waals surface area contributed by atoms with E-state index in [1.54, 1.807) is 11.3 Å². The van der Waals surface area contributed by atoms with Gasteiger partial charge in [0.15, 0.2) is 0 Å². The number of benzene rings is 1. The molecule has 2 aromatic rings. The Morgan fingerprint density at radius 1 is 1.54 bits per heavy atom. The Kier molecular flexibility index (Phi) is 1.98. The van der Waals surface area contributed by atoms with Gasteiger partial charge in [0.05, 0.1) is 10.0 Å². The van der Waals surface area contributed by atoms with Crippen LogP contribution in [0.4, 0.5) is 5.69 Å². The largest absolute Gasteiger partial charge is 0.398 e. The molecule has 0 amide bonds. The van der Waals surface area contributed by atoms with E-state index < -0.39 is 0 Å². The highest BCUT2D eigenvalue weighted by molar-refractivity contribution is 9.10. The minimum absolute atomic E-state index is 0.617. The van der Waals surface area contributed by atoms with Gasteiger partial charge in [-0.2, -0.15) is 5.26 Å². The van der Waals surface area contributed by atoms with Crippen LogP contribution < -0.4 is 5.73 Å². The summed E-state index contributed by atoms with van der Waals surface area (Å²) in [5.41, 5.74) is 6.97. The van der Waals surface area contributed by atoms with Gasteiger partial charge in [-0.05, 0) is 33.4 Å². The molecule has 0 atom stereocenters. The van der Waals surface area contributed by atoms with Crippen molar-refractivity contribution in [1.29, 1.82) is 5.26 Å². The number of nitrogens with two attached hydrogens (primary N) is 1. The number of nitrogens with zero attached hydrogens (tertiary/aromatic N) is 1. The summed E-state index contributed by atoms with van der Waals surface area (Å²) in [7, 11) is 0. The van der Waals surface area contributed by atoms with Crippen molar-refractivity contribution in [2.45, 2.75) is 0 Å². The summed E-state index contributed by atoms with van der Waals surface area (Å²) in [6.07, 6.45) is 0. The summed E-state index contributed by atoms with van der Waals surface area (Å²) in [6.45, 7) is 0. The molecule has 0 saturated carbocycles. The molecule has 0 fully saturated rings. The third-order valence-corrected chi connectivity index (χ3v) is 3.55. The highest BCUT2D eigenvalue weighted by Crippen LogP contribution is 2.33. The molecule has 2 N–H and O–H groups in total. The van der Waals surface area contributed by atoms with Crippen molar-refractivity contribution in [3.8, 4) is 6.07 Å². The van der Waals surface area contributed by atoms with E-state index in [1.807, 2.05) is 17.5 Å². The van der Waals surface area contributed by atoms with Gasteiger partial charge in [-0.1, -0.05) is 0 Å². The molecule has 0 aliphatic heterocycles. The molecule has 2 nitrogen and oxygen atoms in total. The smallest absolute Gasteiger partial charge is 0.101 e. The lowest BCUT2D eigenvalue weighted by Crippen LogP contribution is -1.89. The van der Waals surface area contributed by atoms with Crippen LogP contribution in [-0.4, -0.2) is 0 Å². The minimum atomic E-state index is 0.617. The van der Waals surface area contributed by atoms with Crippen LogP contribution in [-0.2, 0) is 0 Å². The quantitative estimate of drug-likeness (QED) is 0.733. The van der Waals surface area contributed by atoms with Crippen molar-refractivity contribution in [3.05, 3.63) is 27.5 Å². The Morgan fingerprint density at radius 2 is 2.31 bits per heavy atom. The Balaban J connectivity index is 2.98.